The zero-order chi connectivity index (χ0) is 14.8. The van der Waals surface area contributed by atoms with E-state index in [-0.39, 0.29) is 5.91 Å². The van der Waals surface area contributed by atoms with Crippen LogP contribution < -0.4 is 10.6 Å². The minimum absolute atomic E-state index is 0.0938. The van der Waals surface area contributed by atoms with Crippen molar-refractivity contribution in [2.45, 2.75) is 17.9 Å². The molecule has 1 aromatic rings. The highest BCUT2D eigenvalue weighted by Crippen LogP contribution is 2.32. The van der Waals surface area contributed by atoms with Crippen LogP contribution in [0.4, 0.5) is 5.69 Å². The zero-order valence-corrected chi connectivity index (χ0v) is 13.5. The lowest BCUT2D eigenvalue weighted by molar-refractivity contribution is -0.117. The summed E-state index contributed by atoms with van der Waals surface area (Å²) in [5, 5.41) is 6.51. The average Bonchev–Trinajstić information content (AvgIpc) is 3.04. The number of anilines is 1. The monoisotopic (exact) mass is 305 g/mol. The number of fused-ring (bicyclic) bond motifs is 1. The SMILES string of the molecule is CSc1ccccc1NC(=O)CN1CC2CNCC2C1C. The molecule has 1 amide bonds. The number of para-hydroxylation sites is 1. The number of rotatable bonds is 4. The second-order valence-corrected chi connectivity index (χ2v) is 6.85. The molecule has 3 atom stereocenters. The Morgan fingerprint density at radius 2 is 2.24 bits per heavy atom. The van der Waals surface area contributed by atoms with Crippen molar-refractivity contribution in [3.8, 4) is 0 Å². The van der Waals surface area contributed by atoms with Crippen LogP contribution in [0.25, 0.3) is 0 Å². The number of nitrogens with zero attached hydrogens (tertiary/aromatic N) is 1. The Morgan fingerprint density at radius 1 is 1.43 bits per heavy atom. The van der Waals surface area contributed by atoms with Gasteiger partial charge in [-0.2, -0.15) is 0 Å². The number of amides is 1. The number of nitrogens with one attached hydrogen (secondary N) is 2. The molecule has 114 valence electrons. The molecule has 21 heavy (non-hydrogen) atoms. The van der Waals surface area contributed by atoms with Crippen molar-refractivity contribution in [2.24, 2.45) is 11.8 Å². The molecular formula is C16H23N3OS. The van der Waals surface area contributed by atoms with Crippen LogP contribution in [-0.2, 0) is 4.79 Å². The van der Waals surface area contributed by atoms with Crippen molar-refractivity contribution in [3.63, 3.8) is 0 Å². The predicted octanol–water partition coefficient (Wildman–Crippen LogP) is 1.89. The Balaban J connectivity index is 1.60. The van der Waals surface area contributed by atoms with Crippen LogP contribution in [0.3, 0.4) is 0 Å². The van der Waals surface area contributed by atoms with Crippen molar-refractivity contribution < 1.29 is 4.79 Å². The molecule has 2 N–H and O–H groups in total. The summed E-state index contributed by atoms with van der Waals surface area (Å²) >= 11 is 1.66. The van der Waals surface area contributed by atoms with Gasteiger partial charge in [0.15, 0.2) is 0 Å². The second kappa shape index (κ2) is 6.38. The maximum Gasteiger partial charge on any atom is 0.238 e. The molecule has 1 aromatic carbocycles. The van der Waals surface area contributed by atoms with Gasteiger partial charge in [-0.05, 0) is 50.2 Å². The van der Waals surface area contributed by atoms with Gasteiger partial charge in [-0.1, -0.05) is 12.1 Å². The molecule has 4 nitrogen and oxygen atoms in total. The van der Waals surface area contributed by atoms with E-state index in [4.69, 9.17) is 0 Å². The van der Waals surface area contributed by atoms with Crippen molar-refractivity contribution in [3.05, 3.63) is 24.3 Å². The standard InChI is InChI=1S/C16H23N3OS/c1-11-13-8-17-7-12(13)9-19(11)10-16(20)18-14-5-3-4-6-15(14)21-2/h3-6,11-13,17H,7-10H2,1-2H3,(H,18,20). The summed E-state index contributed by atoms with van der Waals surface area (Å²) in [7, 11) is 0. The largest absolute Gasteiger partial charge is 0.324 e. The molecule has 2 saturated heterocycles. The molecular weight excluding hydrogens is 282 g/mol. The van der Waals surface area contributed by atoms with Crippen LogP contribution in [0.2, 0.25) is 0 Å². The highest BCUT2D eigenvalue weighted by atomic mass is 32.2. The van der Waals surface area contributed by atoms with E-state index in [2.05, 4.69) is 22.5 Å². The zero-order valence-electron chi connectivity index (χ0n) is 12.6. The number of thioether (sulfide) groups is 1. The number of carbonyl (C=O) groups is 1. The molecule has 0 radical (unpaired) electrons. The fraction of sp³-hybridized carbons (Fsp3) is 0.562. The van der Waals surface area contributed by atoms with E-state index in [0.717, 1.165) is 30.2 Å². The van der Waals surface area contributed by atoms with E-state index in [0.29, 0.717) is 24.4 Å². The maximum atomic E-state index is 12.3. The van der Waals surface area contributed by atoms with Crippen molar-refractivity contribution in [1.82, 2.24) is 10.2 Å². The van der Waals surface area contributed by atoms with Crippen LogP contribution >= 0.6 is 11.8 Å². The van der Waals surface area contributed by atoms with Crippen LogP contribution in [0.15, 0.2) is 29.2 Å². The van der Waals surface area contributed by atoms with E-state index in [1.165, 1.54) is 0 Å². The maximum absolute atomic E-state index is 12.3. The van der Waals surface area contributed by atoms with Gasteiger partial charge in [-0.25, -0.2) is 0 Å². The highest BCUT2D eigenvalue weighted by molar-refractivity contribution is 7.98. The van der Waals surface area contributed by atoms with E-state index in [1.807, 2.05) is 30.5 Å². The van der Waals surface area contributed by atoms with Crippen LogP contribution in [0.5, 0.6) is 0 Å². The summed E-state index contributed by atoms with van der Waals surface area (Å²) in [4.78, 5) is 15.8. The summed E-state index contributed by atoms with van der Waals surface area (Å²) in [5.74, 6) is 1.51. The van der Waals surface area contributed by atoms with Crippen molar-refractivity contribution in [1.29, 1.82) is 0 Å². The van der Waals surface area contributed by atoms with Gasteiger partial charge in [0, 0.05) is 17.5 Å². The number of likely N-dealkylation sites (tertiary alicyclic amines) is 1. The third-order valence-electron chi connectivity index (χ3n) is 4.78. The van der Waals surface area contributed by atoms with Gasteiger partial charge in [0.1, 0.15) is 0 Å². The fourth-order valence-electron chi connectivity index (χ4n) is 3.59. The Hall–Kier alpha value is -1.04. The molecule has 3 rings (SSSR count). The first-order valence-electron chi connectivity index (χ1n) is 7.56. The summed E-state index contributed by atoms with van der Waals surface area (Å²) in [6, 6.07) is 8.46. The van der Waals surface area contributed by atoms with Gasteiger partial charge in [0.25, 0.3) is 0 Å². The molecule has 2 aliphatic heterocycles. The van der Waals surface area contributed by atoms with Crippen molar-refractivity contribution >= 4 is 23.4 Å². The third kappa shape index (κ3) is 3.10. The van der Waals surface area contributed by atoms with Crippen LogP contribution in [-0.4, -0.2) is 49.3 Å². The number of carbonyl (C=O) groups excluding carboxylic acids is 1. The smallest absolute Gasteiger partial charge is 0.238 e. The van der Waals surface area contributed by atoms with Gasteiger partial charge in [0.05, 0.1) is 12.2 Å². The summed E-state index contributed by atoms with van der Waals surface area (Å²) in [6.07, 6.45) is 2.03. The molecule has 2 fully saturated rings. The van der Waals surface area contributed by atoms with Gasteiger partial charge in [-0.15, -0.1) is 11.8 Å². The van der Waals surface area contributed by atoms with Crippen LogP contribution in [0, 0.1) is 11.8 Å². The lowest BCUT2D eigenvalue weighted by Crippen LogP contribution is -2.38. The summed E-state index contributed by atoms with van der Waals surface area (Å²) in [5.41, 5.74) is 0.920. The number of benzene rings is 1. The topological polar surface area (TPSA) is 44.4 Å². The Labute approximate surface area is 130 Å². The molecule has 0 aromatic heterocycles. The fourth-order valence-corrected chi connectivity index (χ4v) is 4.14. The minimum Gasteiger partial charge on any atom is -0.324 e. The quantitative estimate of drug-likeness (QED) is 0.834. The van der Waals surface area contributed by atoms with Gasteiger partial charge >= 0.3 is 0 Å². The highest BCUT2D eigenvalue weighted by Gasteiger charge is 2.42. The van der Waals surface area contributed by atoms with E-state index >= 15 is 0 Å². The van der Waals surface area contributed by atoms with Crippen molar-refractivity contribution in [2.75, 3.05) is 37.8 Å². The molecule has 2 aliphatic rings. The molecule has 5 heteroatoms. The predicted molar refractivity (Wildman–Crippen MR) is 87.7 cm³/mol. The number of hydrogen-bond donors (Lipinski definition) is 2. The van der Waals surface area contributed by atoms with Gasteiger partial charge in [0.2, 0.25) is 5.91 Å². The van der Waals surface area contributed by atoms with E-state index < -0.39 is 0 Å². The average molecular weight is 305 g/mol. The Morgan fingerprint density at radius 3 is 3.00 bits per heavy atom. The van der Waals surface area contributed by atoms with Gasteiger partial charge in [-0.3, -0.25) is 9.69 Å². The summed E-state index contributed by atoms with van der Waals surface area (Å²) in [6.45, 7) is 5.98. The normalized spacial score (nSPS) is 28.6. The van der Waals surface area contributed by atoms with Crippen LogP contribution in [0.1, 0.15) is 6.92 Å². The second-order valence-electron chi connectivity index (χ2n) is 6.00. The lowest BCUT2D eigenvalue weighted by Gasteiger charge is -2.23. The molecule has 3 unspecified atom stereocenters. The van der Waals surface area contributed by atoms with Gasteiger partial charge < -0.3 is 10.6 Å². The molecule has 0 aliphatic carbocycles. The third-order valence-corrected chi connectivity index (χ3v) is 5.58. The first-order valence-corrected chi connectivity index (χ1v) is 8.79. The molecule has 0 bridgehead atoms. The first kappa shape index (κ1) is 14.9. The number of hydrogen-bond acceptors (Lipinski definition) is 4. The molecule has 0 saturated carbocycles. The molecule has 0 spiro atoms. The summed E-state index contributed by atoms with van der Waals surface area (Å²) < 4.78 is 0. The lowest BCUT2D eigenvalue weighted by atomic mass is 9.95. The van der Waals surface area contributed by atoms with E-state index in [9.17, 15) is 4.79 Å². The first-order chi connectivity index (χ1) is 10.2. The molecule has 2 heterocycles. The van der Waals surface area contributed by atoms with E-state index in [1.54, 1.807) is 11.8 Å². The Bertz CT molecular complexity index is 522. The Kier molecular flexibility index (Phi) is 4.52. The minimum atomic E-state index is 0.0938.